The number of anilines is 1. The smallest absolute Gasteiger partial charge is 0.229 e. The molecule has 1 heterocycles. The van der Waals surface area contributed by atoms with Crippen LogP contribution in [0, 0.1) is 5.92 Å². The summed E-state index contributed by atoms with van der Waals surface area (Å²) in [4.78, 5) is 12.1. The summed E-state index contributed by atoms with van der Waals surface area (Å²) in [5.74, 6) is 0.0659. The quantitative estimate of drug-likeness (QED) is 0.785. The van der Waals surface area contributed by atoms with Crippen molar-refractivity contribution in [3.8, 4) is 0 Å². The van der Waals surface area contributed by atoms with Crippen molar-refractivity contribution in [3.63, 3.8) is 0 Å². The Morgan fingerprint density at radius 2 is 2.15 bits per heavy atom. The maximum Gasteiger partial charge on any atom is 0.229 e. The van der Waals surface area contributed by atoms with Gasteiger partial charge in [-0.25, -0.2) is 0 Å². The molecule has 2 rings (SSSR count). The molecule has 1 atom stereocenters. The van der Waals surface area contributed by atoms with E-state index in [1.807, 2.05) is 12.1 Å². The molecule has 0 aliphatic carbocycles. The fraction of sp³-hybridized carbons (Fsp3) is 0.562. The summed E-state index contributed by atoms with van der Waals surface area (Å²) in [6.07, 6.45) is 3.03. The van der Waals surface area contributed by atoms with E-state index in [0.717, 1.165) is 44.6 Å². The maximum absolute atomic E-state index is 12.1. The van der Waals surface area contributed by atoms with Crippen LogP contribution in [0.5, 0.6) is 0 Å². The van der Waals surface area contributed by atoms with Crippen LogP contribution >= 0.6 is 0 Å². The Morgan fingerprint density at radius 1 is 1.35 bits per heavy atom. The summed E-state index contributed by atoms with van der Waals surface area (Å²) in [7, 11) is 0. The highest BCUT2D eigenvalue weighted by molar-refractivity contribution is 5.92. The van der Waals surface area contributed by atoms with Gasteiger partial charge in [0.05, 0.1) is 12.5 Å². The zero-order valence-electron chi connectivity index (χ0n) is 12.2. The summed E-state index contributed by atoms with van der Waals surface area (Å²) in [6.45, 7) is 5.38. The normalized spacial score (nSPS) is 18.8. The second-order valence-corrected chi connectivity index (χ2v) is 5.28. The molecule has 1 aromatic rings. The summed E-state index contributed by atoms with van der Waals surface area (Å²) >= 11 is 0. The van der Waals surface area contributed by atoms with Gasteiger partial charge in [-0.05, 0) is 43.5 Å². The van der Waals surface area contributed by atoms with Crippen molar-refractivity contribution in [2.24, 2.45) is 5.92 Å². The van der Waals surface area contributed by atoms with Crippen molar-refractivity contribution < 1.29 is 9.53 Å². The van der Waals surface area contributed by atoms with Crippen LogP contribution in [0.25, 0.3) is 0 Å². The molecule has 4 nitrogen and oxygen atoms in total. The monoisotopic (exact) mass is 276 g/mol. The number of amides is 1. The molecule has 2 N–H and O–H groups in total. The van der Waals surface area contributed by atoms with E-state index in [0.29, 0.717) is 6.61 Å². The first kappa shape index (κ1) is 15.0. The van der Waals surface area contributed by atoms with Crippen LogP contribution in [0.3, 0.4) is 0 Å². The molecule has 1 aliphatic heterocycles. The van der Waals surface area contributed by atoms with E-state index in [-0.39, 0.29) is 11.8 Å². The number of benzene rings is 1. The van der Waals surface area contributed by atoms with E-state index in [2.05, 4.69) is 29.7 Å². The lowest BCUT2D eigenvalue weighted by atomic mass is 10.0. The molecule has 20 heavy (non-hydrogen) atoms. The lowest BCUT2D eigenvalue weighted by molar-refractivity contribution is -0.123. The molecule has 1 unspecified atom stereocenters. The average Bonchev–Trinajstić information content (AvgIpc) is 2.50. The van der Waals surface area contributed by atoms with Gasteiger partial charge in [0.15, 0.2) is 0 Å². The van der Waals surface area contributed by atoms with Gasteiger partial charge >= 0.3 is 0 Å². The third-order valence-electron chi connectivity index (χ3n) is 3.51. The number of rotatable bonds is 6. The predicted molar refractivity (Wildman–Crippen MR) is 80.6 cm³/mol. The molecule has 0 saturated carbocycles. The molecule has 1 fully saturated rings. The lowest BCUT2D eigenvalue weighted by Gasteiger charge is -2.21. The van der Waals surface area contributed by atoms with E-state index in [9.17, 15) is 4.79 Å². The zero-order valence-corrected chi connectivity index (χ0v) is 12.2. The molecule has 1 saturated heterocycles. The average molecular weight is 276 g/mol. The Labute approximate surface area is 120 Å². The summed E-state index contributed by atoms with van der Waals surface area (Å²) in [5.41, 5.74) is 2.09. The predicted octanol–water partition coefficient (Wildman–Crippen LogP) is 2.55. The standard InChI is InChI=1S/C16H24N2O2/c1-2-9-17-11-13-5-7-15(8-6-13)18-16(19)14-4-3-10-20-12-14/h5-8,14,17H,2-4,9-12H2,1H3,(H,18,19). The van der Waals surface area contributed by atoms with Crippen LogP contribution in [0.2, 0.25) is 0 Å². The van der Waals surface area contributed by atoms with Crippen molar-refractivity contribution >= 4 is 11.6 Å². The van der Waals surface area contributed by atoms with Gasteiger partial charge in [0.25, 0.3) is 0 Å². The molecule has 1 amide bonds. The molecule has 0 aromatic heterocycles. The largest absolute Gasteiger partial charge is 0.381 e. The van der Waals surface area contributed by atoms with E-state index in [1.165, 1.54) is 5.56 Å². The van der Waals surface area contributed by atoms with Crippen molar-refractivity contribution in [1.82, 2.24) is 5.32 Å². The Bertz CT molecular complexity index is 411. The van der Waals surface area contributed by atoms with Gasteiger partial charge in [-0.1, -0.05) is 19.1 Å². The first-order chi connectivity index (χ1) is 9.79. The Balaban J connectivity index is 1.81. The van der Waals surface area contributed by atoms with Crippen molar-refractivity contribution in [2.75, 3.05) is 25.1 Å². The van der Waals surface area contributed by atoms with Crippen LogP contribution in [0.1, 0.15) is 31.7 Å². The Hall–Kier alpha value is -1.39. The minimum atomic E-state index is -0.00496. The topological polar surface area (TPSA) is 50.4 Å². The molecule has 1 aliphatic rings. The van der Waals surface area contributed by atoms with E-state index < -0.39 is 0 Å². The summed E-state index contributed by atoms with van der Waals surface area (Å²) in [6, 6.07) is 8.03. The summed E-state index contributed by atoms with van der Waals surface area (Å²) < 4.78 is 5.35. The first-order valence-corrected chi connectivity index (χ1v) is 7.48. The van der Waals surface area contributed by atoms with Gasteiger partial charge in [-0.2, -0.15) is 0 Å². The Morgan fingerprint density at radius 3 is 2.80 bits per heavy atom. The van der Waals surface area contributed by atoms with Crippen LogP contribution in [-0.2, 0) is 16.1 Å². The van der Waals surface area contributed by atoms with Crippen LogP contribution in [0.15, 0.2) is 24.3 Å². The fourth-order valence-corrected chi connectivity index (χ4v) is 2.31. The molecular weight excluding hydrogens is 252 g/mol. The second-order valence-electron chi connectivity index (χ2n) is 5.28. The molecule has 0 spiro atoms. The SMILES string of the molecule is CCCNCc1ccc(NC(=O)C2CCCOC2)cc1. The third kappa shape index (κ3) is 4.62. The van der Waals surface area contributed by atoms with Crippen molar-refractivity contribution in [2.45, 2.75) is 32.7 Å². The van der Waals surface area contributed by atoms with Gasteiger partial charge in [-0.15, -0.1) is 0 Å². The molecule has 4 heteroatoms. The number of ether oxygens (including phenoxy) is 1. The van der Waals surface area contributed by atoms with Crippen molar-refractivity contribution in [1.29, 1.82) is 0 Å². The number of hydrogen-bond donors (Lipinski definition) is 2. The Kier molecular flexibility index (Phi) is 6.02. The molecule has 1 aromatic carbocycles. The number of carbonyl (C=O) groups excluding carboxylic acids is 1. The van der Waals surface area contributed by atoms with Gasteiger partial charge in [0.1, 0.15) is 0 Å². The minimum absolute atomic E-state index is 0.00496. The van der Waals surface area contributed by atoms with Crippen molar-refractivity contribution in [3.05, 3.63) is 29.8 Å². The third-order valence-corrected chi connectivity index (χ3v) is 3.51. The number of carbonyl (C=O) groups is 1. The highest BCUT2D eigenvalue weighted by Gasteiger charge is 2.21. The molecule has 110 valence electrons. The number of hydrogen-bond acceptors (Lipinski definition) is 3. The highest BCUT2D eigenvalue weighted by Crippen LogP contribution is 2.17. The first-order valence-electron chi connectivity index (χ1n) is 7.48. The van der Waals surface area contributed by atoms with Crippen LogP contribution < -0.4 is 10.6 Å². The summed E-state index contributed by atoms with van der Waals surface area (Å²) in [5, 5.41) is 6.33. The second kappa shape index (κ2) is 8.02. The minimum Gasteiger partial charge on any atom is -0.381 e. The van der Waals surface area contributed by atoms with Gasteiger partial charge < -0.3 is 15.4 Å². The maximum atomic E-state index is 12.1. The van der Waals surface area contributed by atoms with Crippen LogP contribution in [0.4, 0.5) is 5.69 Å². The number of nitrogens with one attached hydrogen (secondary N) is 2. The molecule has 0 bridgehead atoms. The van der Waals surface area contributed by atoms with Crippen LogP contribution in [-0.4, -0.2) is 25.7 Å². The van der Waals surface area contributed by atoms with Gasteiger partial charge in [-0.3, -0.25) is 4.79 Å². The van der Waals surface area contributed by atoms with E-state index in [1.54, 1.807) is 0 Å². The molecular formula is C16H24N2O2. The van der Waals surface area contributed by atoms with E-state index in [4.69, 9.17) is 4.74 Å². The van der Waals surface area contributed by atoms with Gasteiger partial charge in [0.2, 0.25) is 5.91 Å². The lowest BCUT2D eigenvalue weighted by Crippen LogP contribution is -2.30. The zero-order chi connectivity index (χ0) is 14.2. The highest BCUT2D eigenvalue weighted by atomic mass is 16.5. The molecule has 0 radical (unpaired) electrons. The fourth-order valence-electron chi connectivity index (χ4n) is 2.31. The van der Waals surface area contributed by atoms with E-state index >= 15 is 0 Å². The van der Waals surface area contributed by atoms with Gasteiger partial charge in [0, 0.05) is 18.8 Å².